The first kappa shape index (κ1) is 11.8. The first-order valence-electron chi connectivity index (χ1n) is 6.62. The van der Waals surface area contributed by atoms with Gasteiger partial charge in [0.05, 0.1) is 20.3 Å². The number of methoxy groups -OCH3 is 1. The predicted molar refractivity (Wildman–Crippen MR) is 71.2 cm³/mol. The summed E-state index contributed by atoms with van der Waals surface area (Å²) in [6, 6.07) is 6.87. The van der Waals surface area contributed by atoms with Crippen LogP contribution in [0.2, 0.25) is 0 Å². The minimum atomic E-state index is 0.524. The number of nitrogens with zero attached hydrogens (tertiary/aromatic N) is 1. The zero-order valence-corrected chi connectivity index (χ0v) is 10.8. The lowest BCUT2D eigenvalue weighted by atomic mass is 9.96. The monoisotopic (exact) mass is 248 g/mol. The molecule has 0 bridgehead atoms. The Morgan fingerprint density at radius 1 is 1.33 bits per heavy atom. The van der Waals surface area contributed by atoms with Crippen molar-refractivity contribution in [3.63, 3.8) is 0 Å². The van der Waals surface area contributed by atoms with Crippen LogP contribution in [-0.2, 0) is 4.74 Å². The van der Waals surface area contributed by atoms with Crippen LogP contribution < -0.4 is 10.1 Å². The van der Waals surface area contributed by atoms with E-state index in [-0.39, 0.29) is 0 Å². The van der Waals surface area contributed by atoms with E-state index in [4.69, 9.17) is 9.47 Å². The third-order valence-corrected chi connectivity index (χ3v) is 3.84. The molecule has 0 amide bonds. The van der Waals surface area contributed by atoms with Gasteiger partial charge in [-0.05, 0) is 18.1 Å². The van der Waals surface area contributed by atoms with E-state index in [0.29, 0.717) is 6.04 Å². The third kappa shape index (κ3) is 2.18. The number of anilines is 1. The molecule has 1 N–H and O–H groups in total. The molecule has 2 heterocycles. The van der Waals surface area contributed by atoms with Gasteiger partial charge < -0.3 is 14.8 Å². The van der Waals surface area contributed by atoms with Crippen molar-refractivity contribution in [2.24, 2.45) is 0 Å². The fourth-order valence-electron chi connectivity index (χ4n) is 2.87. The maximum absolute atomic E-state index is 5.44. The van der Waals surface area contributed by atoms with Gasteiger partial charge in [0, 0.05) is 37.4 Å². The molecule has 0 saturated carbocycles. The molecule has 4 nitrogen and oxygen atoms in total. The van der Waals surface area contributed by atoms with Gasteiger partial charge >= 0.3 is 0 Å². The predicted octanol–water partition coefficient (Wildman–Crippen LogP) is 1.88. The van der Waals surface area contributed by atoms with E-state index in [1.54, 1.807) is 7.11 Å². The van der Waals surface area contributed by atoms with Crippen molar-refractivity contribution in [2.75, 3.05) is 45.3 Å². The molecule has 1 fully saturated rings. The van der Waals surface area contributed by atoms with E-state index in [1.165, 1.54) is 17.7 Å². The topological polar surface area (TPSA) is 33.7 Å². The molecule has 0 aliphatic carbocycles. The molecule has 1 saturated heterocycles. The second kappa shape index (κ2) is 5.16. The molecule has 0 radical (unpaired) electrons. The number of hydrogen-bond acceptors (Lipinski definition) is 4. The van der Waals surface area contributed by atoms with Crippen molar-refractivity contribution >= 4 is 5.69 Å². The first-order valence-corrected chi connectivity index (χ1v) is 6.62. The maximum Gasteiger partial charge on any atom is 0.120 e. The van der Waals surface area contributed by atoms with Crippen LogP contribution in [0, 0.1) is 0 Å². The highest BCUT2D eigenvalue weighted by atomic mass is 16.5. The normalized spacial score (nSPS) is 24.2. The van der Waals surface area contributed by atoms with Crippen LogP contribution >= 0.6 is 0 Å². The van der Waals surface area contributed by atoms with Crippen LogP contribution in [0.1, 0.15) is 18.0 Å². The van der Waals surface area contributed by atoms with Gasteiger partial charge in [0.2, 0.25) is 0 Å². The molecule has 2 aliphatic heterocycles. The average Bonchev–Trinajstić information content (AvgIpc) is 2.47. The highest BCUT2D eigenvalue weighted by molar-refractivity contribution is 5.58. The Morgan fingerprint density at radius 2 is 2.17 bits per heavy atom. The Bertz CT molecular complexity index is 416. The molecule has 1 aromatic rings. The lowest BCUT2D eigenvalue weighted by Crippen LogP contribution is -2.41. The Balaban J connectivity index is 1.86. The number of morpholine rings is 1. The minimum absolute atomic E-state index is 0.524. The maximum atomic E-state index is 5.44. The molecule has 1 atom stereocenters. The smallest absolute Gasteiger partial charge is 0.120 e. The Labute approximate surface area is 108 Å². The standard InChI is InChI=1S/C14H20N2O2/c1-17-11-2-3-12-13(10-11)15-5-4-14(12)16-6-8-18-9-7-16/h2-3,10,14-15H,4-9H2,1H3. The van der Waals surface area contributed by atoms with E-state index in [9.17, 15) is 0 Å². The lowest BCUT2D eigenvalue weighted by Gasteiger charge is -2.38. The van der Waals surface area contributed by atoms with Gasteiger partial charge in [0.15, 0.2) is 0 Å². The van der Waals surface area contributed by atoms with Gasteiger partial charge in [-0.1, -0.05) is 6.07 Å². The first-order chi connectivity index (χ1) is 8.88. The fourth-order valence-corrected chi connectivity index (χ4v) is 2.87. The van der Waals surface area contributed by atoms with E-state index in [1.807, 2.05) is 0 Å². The molecule has 1 unspecified atom stereocenters. The molecular weight excluding hydrogens is 228 g/mol. The van der Waals surface area contributed by atoms with Crippen molar-refractivity contribution < 1.29 is 9.47 Å². The number of benzene rings is 1. The largest absolute Gasteiger partial charge is 0.497 e. The minimum Gasteiger partial charge on any atom is -0.497 e. The van der Waals surface area contributed by atoms with Crippen LogP contribution in [0.4, 0.5) is 5.69 Å². The molecule has 4 heteroatoms. The van der Waals surface area contributed by atoms with Crippen LogP contribution in [0.25, 0.3) is 0 Å². The number of ether oxygens (including phenoxy) is 2. The van der Waals surface area contributed by atoms with Crippen molar-refractivity contribution in [2.45, 2.75) is 12.5 Å². The Morgan fingerprint density at radius 3 is 2.94 bits per heavy atom. The summed E-state index contributed by atoms with van der Waals surface area (Å²) in [6.07, 6.45) is 1.17. The molecule has 98 valence electrons. The van der Waals surface area contributed by atoms with Crippen molar-refractivity contribution in [1.82, 2.24) is 4.90 Å². The SMILES string of the molecule is COc1ccc2c(c1)NCCC2N1CCOCC1. The molecule has 0 aromatic heterocycles. The summed E-state index contributed by atoms with van der Waals surface area (Å²) in [5, 5.41) is 3.47. The van der Waals surface area contributed by atoms with Crippen molar-refractivity contribution in [3.8, 4) is 5.75 Å². The number of nitrogens with one attached hydrogen (secondary N) is 1. The van der Waals surface area contributed by atoms with E-state index < -0.39 is 0 Å². The Kier molecular flexibility index (Phi) is 3.39. The van der Waals surface area contributed by atoms with Crippen LogP contribution in [0.5, 0.6) is 5.75 Å². The molecule has 1 aromatic carbocycles. The number of fused-ring (bicyclic) bond motifs is 1. The number of hydrogen-bond donors (Lipinski definition) is 1. The van der Waals surface area contributed by atoms with Crippen LogP contribution in [-0.4, -0.2) is 44.9 Å². The van der Waals surface area contributed by atoms with Gasteiger partial charge in [0.25, 0.3) is 0 Å². The summed E-state index contributed by atoms with van der Waals surface area (Å²) in [4.78, 5) is 2.54. The molecule has 18 heavy (non-hydrogen) atoms. The van der Waals surface area contributed by atoms with Crippen LogP contribution in [0.3, 0.4) is 0 Å². The second-order valence-corrected chi connectivity index (χ2v) is 4.83. The van der Waals surface area contributed by atoms with Crippen LogP contribution in [0.15, 0.2) is 18.2 Å². The molecule has 2 aliphatic rings. The highest BCUT2D eigenvalue weighted by Gasteiger charge is 2.27. The molecular formula is C14H20N2O2. The molecule has 3 rings (SSSR count). The lowest BCUT2D eigenvalue weighted by molar-refractivity contribution is 0.0144. The van der Waals surface area contributed by atoms with E-state index in [0.717, 1.165) is 38.6 Å². The van der Waals surface area contributed by atoms with Gasteiger partial charge in [0.1, 0.15) is 5.75 Å². The average molecular weight is 248 g/mol. The van der Waals surface area contributed by atoms with Gasteiger partial charge in [-0.15, -0.1) is 0 Å². The van der Waals surface area contributed by atoms with E-state index >= 15 is 0 Å². The van der Waals surface area contributed by atoms with Crippen molar-refractivity contribution in [3.05, 3.63) is 23.8 Å². The Hall–Kier alpha value is -1.26. The zero-order chi connectivity index (χ0) is 12.4. The summed E-state index contributed by atoms with van der Waals surface area (Å²) in [5.41, 5.74) is 2.61. The van der Waals surface area contributed by atoms with Crippen molar-refractivity contribution in [1.29, 1.82) is 0 Å². The zero-order valence-electron chi connectivity index (χ0n) is 10.8. The summed E-state index contributed by atoms with van der Waals surface area (Å²) in [6.45, 7) is 4.82. The van der Waals surface area contributed by atoms with Gasteiger partial charge in [-0.2, -0.15) is 0 Å². The summed E-state index contributed by atoms with van der Waals surface area (Å²) >= 11 is 0. The highest BCUT2D eigenvalue weighted by Crippen LogP contribution is 2.36. The van der Waals surface area contributed by atoms with E-state index in [2.05, 4.69) is 28.4 Å². The van der Waals surface area contributed by atoms with Gasteiger partial charge in [-0.25, -0.2) is 0 Å². The third-order valence-electron chi connectivity index (χ3n) is 3.84. The quantitative estimate of drug-likeness (QED) is 0.866. The molecule has 0 spiro atoms. The summed E-state index contributed by atoms with van der Waals surface area (Å²) in [7, 11) is 1.71. The summed E-state index contributed by atoms with van der Waals surface area (Å²) in [5.74, 6) is 0.920. The fraction of sp³-hybridized carbons (Fsp3) is 0.571. The number of rotatable bonds is 2. The second-order valence-electron chi connectivity index (χ2n) is 4.83. The summed E-state index contributed by atoms with van der Waals surface area (Å²) < 4.78 is 10.7. The van der Waals surface area contributed by atoms with Gasteiger partial charge in [-0.3, -0.25) is 4.90 Å².